The van der Waals surface area contributed by atoms with Crippen molar-refractivity contribution in [2.24, 2.45) is 0 Å². The van der Waals surface area contributed by atoms with Gasteiger partial charge in [0.1, 0.15) is 17.3 Å². The molecule has 0 saturated carbocycles. The quantitative estimate of drug-likeness (QED) is 0.818. The third-order valence-corrected chi connectivity index (χ3v) is 2.94. The summed E-state index contributed by atoms with van der Waals surface area (Å²) in [6, 6.07) is 4.54. The Bertz CT molecular complexity index is 575. The minimum absolute atomic E-state index is 0.268. The topological polar surface area (TPSA) is 69.9 Å². The monoisotopic (exact) mass is 248 g/mol. The molecule has 2 aromatic rings. The van der Waals surface area contributed by atoms with Crippen molar-refractivity contribution in [3.05, 3.63) is 35.4 Å². The van der Waals surface area contributed by atoms with Crippen LogP contribution in [0, 0.1) is 12.7 Å². The summed E-state index contributed by atoms with van der Waals surface area (Å²) >= 11 is 0. The van der Waals surface area contributed by atoms with Crippen LogP contribution in [0.3, 0.4) is 0 Å². The number of nitrogens with two attached hydrogens (primary N) is 2. The molecule has 1 aromatic heterocycles. The lowest BCUT2D eigenvalue weighted by atomic mass is 10.1. The van der Waals surface area contributed by atoms with E-state index in [1.165, 1.54) is 16.8 Å². The van der Waals surface area contributed by atoms with Crippen molar-refractivity contribution in [3.8, 4) is 11.3 Å². The van der Waals surface area contributed by atoms with Crippen LogP contribution in [0.4, 0.5) is 10.2 Å². The number of benzene rings is 1. The molecule has 0 atom stereocenters. The van der Waals surface area contributed by atoms with Gasteiger partial charge in [0.2, 0.25) is 0 Å². The van der Waals surface area contributed by atoms with Crippen molar-refractivity contribution in [1.82, 2.24) is 9.66 Å². The van der Waals surface area contributed by atoms with Gasteiger partial charge in [-0.2, -0.15) is 0 Å². The number of hydrogen-bond acceptors (Lipinski definition) is 3. The van der Waals surface area contributed by atoms with Crippen LogP contribution in [0.15, 0.2) is 18.2 Å². The van der Waals surface area contributed by atoms with Gasteiger partial charge in [0, 0.05) is 12.0 Å². The van der Waals surface area contributed by atoms with Gasteiger partial charge in [-0.25, -0.2) is 14.1 Å². The number of hydrogen-bond donors (Lipinski definition) is 2. The number of halogens is 1. The third kappa shape index (κ3) is 2.03. The lowest BCUT2D eigenvalue weighted by Gasteiger charge is -2.04. The molecular formula is C13H17FN4. The van der Waals surface area contributed by atoms with Crippen molar-refractivity contribution in [3.63, 3.8) is 0 Å². The second-order valence-corrected chi connectivity index (χ2v) is 4.34. The fraction of sp³-hybridized carbons (Fsp3) is 0.308. The highest BCUT2D eigenvalue weighted by molar-refractivity contribution is 5.73. The fourth-order valence-corrected chi connectivity index (χ4v) is 1.98. The Balaban J connectivity index is 2.53. The molecule has 0 amide bonds. The molecule has 0 fully saturated rings. The minimum atomic E-state index is -0.268. The number of nitrogens with zero attached hydrogens (tertiary/aromatic N) is 2. The van der Waals surface area contributed by atoms with Gasteiger partial charge in [0.25, 0.3) is 0 Å². The molecule has 96 valence electrons. The Kier molecular flexibility index (Phi) is 3.23. The van der Waals surface area contributed by atoms with E-state index in [9.17, 15) is 4.39 Å². The van der Waals surface area contributed by atoms with Crippen LogP contribution in [0.5, 0.6) is 0 Å². The maximum Gasteiger partial charge on any atom is 0.150 e. The summed E-state index contributed by atoms with van der Waals surface area (Å²) in [6.45, 7) is 3.88. The standard InChI is InChI=1S/C13H17FN4/c1-3-4-11-17-12(13(15)18(11)16)10-6-5-9(14)7-8(10)2/h5-7H,3-4,15-16H2,1-2H3. The van der Waals surface area contributed by atoms with Crippen LogP contribution < -0.4 is 11.6 Å². The van der Waals surface area contributed by atoms with E-state index in [-0.39, 0.29) is 5.82 Å². The number of aromatic nitrogens is 2. The van der Waals surface area contributed by atoms with Gasteiger partial charge in [0.15, 0.2) is 5.82 Å². The number of aryl methyl sites for hydroxylation is 2. The summed E-state index contributed by atoms with van der Waals surface area (Å²) in [6.07, 6.45) is 1.70. The first-order valence-corrected chi connectivity index (χ1v) is 5.93. The van der Waals surface area contributed by atoms with E-state index >= 15 is 0 Å². The van der Waals surface area contributed by atoms with E-state index in [0.717, 1.165) is 29.8 Å². The Morgan fingerprint density at radius 2 is 2.11 bits per heavy atom. The number of anilines is 1. The molecule has 0 saturated heterocycles. The molecule has 0 spiro atoms. The van der Waals surface area contributed by atoms with Gasteiger partial charge in [-0.3, -0.25) is 0 Å². The van der Waals surface area contributed by atoms with Crippen molar-refractivity contribution in [2.45, 2.75) is 26.7 Å². The molecule has 0 radical (unpaired) electrons. The maximum atomic E-state index is 13.1. The first-order valence-electron chi connectivity index (χ1n) is 5.93. The zero-order chi connectivity index (χ0) is 13.3. The molecule has 0 aliphatic rings. The highest BCUT2D eigenvalue weighted by atomic mass is 19.1. The van der Waals surface area contributed by atoms with E-state index in [0.29, 0.717) is 11.5 Å². The average Bonchev–Trinajstić information content (AvgIpc) is 2.58. The van der Waals surface area contributed by atoms with Gasteiger partial charge in [-0.15, -0.1) is 0 Å². The highest BCUT2D eigenvalue weighted by Crippen LogP contribution is 2.28. The smallest absolute Gasteiger partial charge is 0.150 e. The lowest BCUT2D eigenvalue weighted by molar-refractivity contribution is 0.627. The predicted octanol–water partition coefficient (Wildman–Crippen LogP) is 2.25. The molecule has 0 aliphatic carbocycles. The largest absolute Gasteiger partial charge is 0.382 e. The summed E-state index contributed by atoms with van der Waals surface area (Å²) < 4.78 is 14.5. The van der Waals surface area contributed by atoms with Gasteiger partial charge in [0.05, 0.1) is 0 Å². The predicted molar refractivity (Wildman–Crippen MR) is 70.9 cm³/mol. The second-order valence-electron chi connectivity index (χ2n) is 4.34. The number of imidazole rings is 1. The van der Waals surface area contributed by atoms with Crippen molar-refractivity contribution in [1.29, 1.82) is 0 Å². The number of nitrogen functional groups attached to an aromatic ring is 2. The van der Waals surface area contributed by atoms with E-state index in [4.69, 9.17) is 11.6 Å². The molecule has 4 nitrogen and oxygen atoms in total. The molecule has 1 aromatic carbocycles. The first-order chi connectivity index (χ1) is 8.54. The molecular weight excluding hydrogens is 231 g/mol. The van der Waals surface area contributed by atoms with Crippen molar-refractivity contribution in [2.75, 3.05) is 11.6 Å². The van der Waals surface area contributed by atoms with Crippen LogP contribution in [-0.4, -0.2) is 9.66 Å². The Morgan fingerprint density at radius 1 is 1.39 bits per heavy atom. The van der Waals surface area contributed by atoms with Gasteiger partial charge < -0.3 is 11.6 Å². The maximum absolute atomic E-state index is 13.1. The third-order valence-electron chi connectivity index (χ3n) is 2.94. The van der Waals surface area contributed by atoms with Crippen LogP contribution in [-0.2, 0) is 6.42 Å². The highest BCUT2D eigenvalue weighted by Gasteiger charge is 2.15. The van der Waals surface area contributed by atoms with E-state index in [2.05, 4.69) is 4.98 Å². The molecule has 0 unspecified atom stereocenters. The average molecular weight is 248 g/mol. The molecule has 2 rings (SSSR count). The molecule has 18 heavy (non-hydrogen) atoms. The van der Waals surface area contributed by atoms with E-state index in [1.807, 2.05) is 13.8 Å². The Morgan fingerprint density at radius 3 is 2.72 bits per heavy atom. The molecule has 5 heteroatoms. The van der Waals surface area contributed by atoms with E-state index < -0.39 is 0 Å². The summed E-state index contributed by atoms with van der Waals surface area (Å²) in [4.78, 5) is 4.45. The van der Waals surface area contributed by atoms with Crippen LogP contribution in [0.1, 0.15) is 24.7 Å². The van der Waals surface area contributed by atoms with E-state index in [1.54, 1.807) is 6.07 Å². The fourth-order valence-electron chi connectivity index (χ4n) is 1.98. The summed E-state index contributed by atoms with van der Waals surface area (Å²) in [5.41, 5.74) is 8.19. The molecule has 0 aliphatic heterocycles. The van der Waals surface area contributed by atoms with Gasteiger partial charge in [-0.1, -0.05) is 6.92 Å². The lowest BCUT2D eigenvalue weighted by Crippen LogP contribution is -2.15. The number of rotatable bonds is 3. The van der Waals surface area contributed by atoms with Gasteiger partial charge in [-0.05, 0) is 37.1 Å². The summed E-state index contributed by atoms with van der Waals surface area (Å²) in [7, 11) is 0. The Hall–Kier alpha value is -2.04. The normalized spacial score (nSPS) is 10.8. The zero-order valence-electron chi connectivity index (χ0n) is 10.6. The second kappa shape index (κ2) is 4.68. The van der Waals surface area contributed by atoms with Crippen LogP contribution >= 0.6 is 0 Å². The zero-order valence-corrected chi connectivity index (χ0v) is 10.6. The molecule has 4 N–H and O–H groups in total. The van der Waals surface area contributed by atoms with Crippen LogP contribution in [0.2, 0.25) is 0 Å². The van der Waals surface area contributed by atoms with Crippen molar-refractivity contribution >= 4 is 5.82 Å². The molecule has 1 heterocycles. The minimum Gasteiger partial charge on any atom is -0.382 e. The SMILES string of the molecule is CCCc1nc(-c2ccc(F)cc2C)c(N)n1N. The first kappa shape index (κ1) is 12.4. The Labute approximate surface area is 105 Å². The van der Waals surface area contributed by atoms with Crippen molar-refractivity contribution < 1.29 is 4.39 Å². The van der Waals surface area contributed by atoms with Gasteiger partial charge >= 0.3 is 0 Å². The molecule has 0 bridgehead atoms. The summed E-state index contributed by atoms with van der Waals surface area (Å²) in [5, 5.41) is 0. The summed E-state index contributed by atoms with van der Waals surface area (Å²) in [5.74, 6) is 6.75. The van der Waals surface area contributed by atoms with Crippen LogP contribution in [0.25, 0.3) is 11.3 Å².